The van der Waals surface area contributed by atoms with Gasteiger partial charge in [-0.15, -0.1) is 0 Å². The standard InChI is InChI=1S/C32H32N4O7/c1-35(2)16-9-7-14(8-10-16)20-17-12-15-6-5-11-34-24(15)27(38)21(17)26(37)22-18(20)13-19-25(36(3)4)28(39)23(31(33)42)30(41)32(19,43)29(22)40/h5-12,18-20,25,38-40,43H,13H2,1-4H3,(H2,33,42)/t18-,19+,20+,25+,32+/m1/s1. The molecule has 5 atom stereocenters. The van der Waals surface area contributed by atoms with E-state index in [4.69, 9.17) is 5.73 Å². The Balaban J connectivity index is 1.67. The fourth-order valence-corrected chi connectivity index (χ4v) is 7.27. The number of amides is 1. The van der Waals surface area contributed by atoms with Crippen molar-refractivity contribution in [3.63, 3.8) is 0 Å². The number of aromatic hydroxyl groups is 1. The lowest BCUT2D eigenvalue weighted by Crippen LogP contribution is -2.64. The van der Waals surface area contributed by atoms with E-state index in [0.29, 0.717) is 10.9 Å². The molecule has 0 saturated carbocycles. The maximum atomic E-state index is 14.3. The quantitative estimate of drug-likeness (QED) is 0.286. The lowest BCUT2D eigenvalue weighted by molar-refractivity contribution is -0.148. The van der Waals surface area contributed by atoms with Gasteiger partial charge in [0.05, 0.1) is 11.6 Å². The third kappa shape index (κ3) is 3.81. The van der Waals surface area contributed by atoms with E-state index in [1.807, 2.05) is 43.3 Å². The highest BCUT2D eigenvalue weighted by atomic mass is 16.3. The van der Waals surface area contributed by atoms with Crippen LogP contribution < -0.4 is 10.6 Å². The van der Waals surface area contributed by atoms with Crippen LogP contribution in [0.25, 0.3) is 10.9 Å². The molecule has 0 spiro atoms. The Morgan fingerprint density at radius 2 is 1.72 bits per heavy atom. The van der Waals surface area contributed by atoms with Crippen LogP contribution in [0.3, 0.4) is 0 Å². The van der Waals surface area contributed by atoms with Crippen molar-refractivity contribution in [2.24, 2.45) is 17.6 Å². The molecule has 0 aliphatic heterocycles. The lowest BCUT2D eigenvalue weighted by atomic mass is 9.55. The Kier molecular flexibility index (Phi) is 6.37. The molecule has 3 aromatic rings. The second kappa shape index (κ2) is 9.65. The number of allylic oxidation sites excluding steroid dienone is 1. The number of likely N-dealkylation sites (N-methyl/N-ethyl adjacent to an activating group) is 1. The minimum atomic E-state index is -2.73. The van der Waals surface area contributed by atoms with E-state index in [1.54, 1.807) is 32.3 Å². The molecule has 0 fully saturated rings. The van der Waals surface area contributed by atoms with E-state index in [-0.39, 0.29) is 28.8 Å². The van der Waals surface area contributed by atoms with Gasteiger partial charge in [-0.25, -0.2) is 0 Å². The number of nitrogens with two attached hydrogens (primary N) is 1. The van der Waals surface area contributed by atoms with Crippen LogP contribution in [0, 0.1) is 11.8 Å². The van der Waals surface area contributed by atoms with Crippen LogP contribution in [0.4, 0.5) is 5.69 Å². The summed E-state index contributed by atoms with van der Waals surface area (Å²) < 4.78 is 0. The number of aromatic nitrogens is 1. The number of phenols is 1. The van der Waals surface area contributed by atoms with E-state index < -0.39 is 64.0 Å². The number of hydrogen-bond acceptors (Lipinski definition) is 10. The molecular formula is C32H32N4O7. The van der Waals surface area contributed by atoms with Gasteiger partial charge >= 0.3 is 0 Å². The highest BCUT2D eigenvalue weighted by molar-refractivity contribution is 6.25. The first-order chi connectivity index (χ1) is 20.3. The Hall–Kier alpha value is -4.74. The Bertz CT molecular complexity index is 1790. The zero-order valence-corrected chi connectivity index (χ0v) is 24.1. The van der Waals surface area contributed by atoms with Gasteiger partial charge in [0.2, 0.25) is 5.78 Å². The smallest absolute Gasteiger partial charge is 0.255 e. The zero-order valence-electron chi connectivity index (χ0n) is 24.1. The van der Waals surface area contributed by atoms with Crippen molar-refractivity contribution in [2.45, 2.75) is 24.0 Å². The highest BCUT2D eigenvalue weighted by Gasteiger charge is 2.64. The number of rotatable bonds is 4. The summed E-state index contributed by atoms with van der Waals surface area (Å²) in [6.45, 7) is 0. The number of aliphatic hydroxyl groups excluding tert-OH is 2. The maximum Gasteiger partial charge on any atom is 0.255 e. The molecule has 0 saturated heterocycles. The van der Waals surface area contributed by atoms with Gasteiger partial charge in [-0.05, 0) is 55.9 Å². The number of hydrogen-bond donors (Lipinski definition) is 5. The summed E-state index contributed by atoms with van der Waals surface area (Å²) in [5.41, 5.74) is 3.95. The van der Waals surface area contributed by atoms with Gasteiger partial charge in [0.25, 0.3) is 5.91 Å². The van der Waals surface area contributed by atoms with E-state index in [0.717, 1.165) is 11.3 Å². The summed E-state index contributed by atoms with van der Waals surface area (Å²) in [4.78, 5) is 48.0. The minimum absolute atomic E-state index is 0.0301. The normalized spacial score (nSPS) is 26.8. The van der Waals surface area contributed by atoms with Crippen molar-refractivity contribution in [1.29, 1.82) is 0 Å². The molecule has 43 heavy (non-hydrogen) atoms. The molecule has 2 aromatic carbocycles. The predicted octanol–water partition coefficient (Wildman–Crippen LogP) is 2.32. The van der Waals surface area contributed by atoms with E-state index in [9.17, 15) is 34.8 Å². The maximum absolute atomic E-state index is 14.3. The van der Waals surface area contributed by atoms with Crippen LogP contribution in [0.2, 0.25) is 0 Å². The predicted molar refractivity (Wildman–Crippen MR) is 158 cm³/mol. The van der Waals surface area contributed by atoms with Crippen molar-refractivity contribution < 1.29 is 34.8 Å². The van der Waals surface area contributed by atoms with Crippen LogP contribution in [0.1, 0.15) is 33.8 Å². The largest absolute Gasteiger partial charge is 0.510 e. The van der Waals surface area contributed by atoms with Crippen LogP contribution >= 0.6 is 0 Å². The Labute approximate surface area is 247 Å². The van der Waals surface area contributed by atoms with Crippen molar-refractivity contribution in [3.05, 3.63) is 88.0 Å². The fraction of sp³-hybridized carbons (Fsp3) is 0.312. The van der Waals surface area contributed by atoms with Gasteiger partial charge in [-0.2, -0.15) is 0 Å². The number of pyridine rings is 1. The van der Waals surface area contributed by atoms with Gasteiger partial charge in [-0.3, -0.25) is 24.3 Å². The number of ketones is 2. The zero-order chi connectivity index (χ0) is 31.1. The topological polar surface area (TPSA) is 178 Å². The monoisotopic (exact) mass is 584 g/mol. The second-order valence-corrected chi connectivity index (χ2v) is 11.9. The van der Waals surface area contributed by atoms with Crippen molar-refractivity contribution >= 4 is 34.1 Å². The molecule has 11 nitrogen and oxygen atoms in total. The average Bonchev–Trinajstić information content (AvgIpc) is 2.95. The fourth-order valence-electron chi connectivity index (χ4n) is 7.27. The summed E-state index contributed by atoms with van der Waals surface area (Å²) in [6.07, 6.45) is 1.45. The van der Waals surface area contributed by atoms with Gasteiger partial charge < -0.3 is 31.1 Å². The molecule has 3 aliphatic rings. The summed E-state index contributed by atoms with van der Waals surface area (Å²) in [7, 11) is 7.01. The minimum Gasteiger partial charge on any atom is -0.510 e. The van der Waals surface area contributed by atoms with Crippen LogP contribution in [0.15, 0.2) is 71.3 Å². The number of phenolic OH excluding ortho intramolecular Hbond substituents is 1. The molecule has 222 valence electrons. The van der Waals surface area contributed by atoms with E-state index in [1.165, 1.54) is 11.1 Å². The number of primary amides is 1. The first-order valence-electron chi connectivity index (χ1n) is 13.8. The number of carbonyl (C=O) groups is 3. The average molecular weight is 585 g/mol. The van der Waals surface area contributed by atoms with Gasteiger partial charge in [-0.1, -0.05) is 18.2 Å². The number of Topliss-reactive ketones (excluding diaryl/α,β-unsaturated/α-hetero) is 2. The summed E-state index contributed by atoms with van der Waals surface area (Å²) in [5.74, 6) is -7.73. The van der Waals surface area contributed by atoms with Crippen LogP contribution in [-0.4, -0.2) is 87.6 Å². The molecule has 1 heterocycles. The van der Waals surface area contributed by atoms with Gasteiger partial charge in [0.15, 0.2) is 17.1 Å². The van der Waals surface area contributed by atoms with Crippen LogP contribution in [0.5, 0.6) is 5.75 Å². The molecule has 3 aliphatic carbocycles. The molecule has 0 radical (unpaired) electrons. The van der Waals surface area contributed by atoms with E-state index >= 15 is 0 Å². The van der Waals surface area contributed by atoms with Gasteiger partial charge in [0.1, 0.15) is 22.6 Å². The molecule has 1 aromatic heterocycles. The second-order valence-electron chi connectivity index (χ2n) is 11.9. The number of carbonyl (C=O) groups excluding carboxylic acids is 3. The molecule has 0 unspecified atom stereocenters. The number of benzene rings is 2. The third-order valence-electron chi connectivity index (χ3n) is 9.20. The number of nitrogens with zero attached hydrogens (tertiary/aromatic N) is 3. The van der Waals surface area contributed by atoms with Crippen molar-refractivity contribution in [3.8, 4) is 5.75 Å². The molecule has 0 bridgehead atoms. The summed E-state index contributed by atoms with van der Waals surface area (Å²) in [6, 6.07) is 11.8. The highest BCUT2D eigenvalue weighted by Crippen LogP contribution is 2.57. The summed E-state index contributed by atoms with van der Waals surface area (Å²) in [5, 5.41) is 46.9. The summed E-state index contributed by atoms with van der Waals surface area (Å²) >= 11 is 0. The Morgan fingerprint density at radius 3 is 2.33 bits per heavy atom. The molecule has 6 N–H and O–H groups in total. The van der Waals surface area contributed by atoms with Gasteiger partial charge in [0, 0.05) is 54.7 Å². The SMILES string of the molecule is CN(C)c1ccc([C@H]2c3cc4cccnc4c(O)c3C(=O)C3=C(O)[C@]4(O)C(=O)C(C(N)=O)=C(O)[C@@H](N(C)C)[C@@H]4C[C@@H]32)cc1. The van der Waals surface area contributed by atoms with Crippen molar-refractivity contribution in [2.75, 3.05) is 33.1 Å². The number of fused-ring (bicyclic) bond motifs is 4. The number of anilines is 1. The lowest BCUT2D eigenvalue weighted by Gasteiger charge is -2.51. The number of aliphatic hydroxyl groups is 3. The van der Waals surface area contributed by atoms with Crippen molar-refractivity contribution in [1.82, 2.24) is 9.88 Å². The Morgan fingerprint density at radius 1 is 1.05 bits per heavy atom. The van der Waals surface area contributed by atoms with Crippen LogP contribution in [-0.2, 0) is 9.59 Å². The molecule has 1 amide bonds. The first kappa shape index (κ1) is 28.4. The molecule has 6 rings (SSSR count). The third-order valence-corrected chi connectivity index (χ3v) is 9.20. The molecule has 11 heteroatoms. The molecular weight excluding hydrogens is 552 g/mol. The first-order valence-corrected chi connectivity index (χ1v) is 13.8. The van der Waals surface area contributed by atoms with E-state index in [2.05, 4.69) is 4.98 Å².